The zero-order chi connectivity index (χ0) is 15.7. The molecular weight excluding hydrogens is 288 g/mol. The van der Waals surface area contributed by atoms with Crippen LogP contribution in [0.3, 0.4) is 0 Å². The predicted octanol–water partition coefficient (Wildman–Crippen LogP) is 1.47. The third-order valence-electron chi connectivity index (χ3n) is 3.43. The third kappa shape index (κ3) is 2.65. The molecule has 1 atom stereocenters. The van der Waals surface area contributed by atoms with Gasteiger partial charge >= 0.3 is 5.97 Å². The fourth-order valence-corrected chi connectivity index (χ4v) is 2.35. The van der Waals surface area contributed by atoms with Crippen molar-refractivity contribution < 1.29 is 24.0 Å². The lowest BCUT2D eigenvalue weighted by Gasteiger charge is -2.14. The van der Waals surface area contributed by atoms with Gasteiger partial charge in [0.05, 0.1) is 6.61 Å². The van der Waals surface area contributed by atoms with E-state index in [4.69, 9.17) is 9.26 Å². The molecule has 2 heterocycles. The molecule has 0 saturated carbocycles. The SMILES string of the molecule is Cc1cc(C(=O)NC(C(=O)O)c2ccc3c(c2)CCO3)no1. The summed E-state index contributed by atoms with van der Waals surface area (Å²) in [7, 11) is 0. The highest BCUT2D eigenvalue weighted by Crippen LogP contribution is 2.28. The van der Waals surface area contributed by atoms with Crippen molar-refractivity contribution in [3.05, 3.63) is 46.8 Å². The lowest BCUT2D eigenvalue weighted by atomic mass is 10.0. The molecule has 1 aliphatic rings. The molecule has 1 aliphatic heterocycles. The first-order valence-electron chi connectivity index (χ1n) is 6.77. The normalized spacial score (nSPS) is 14.0. The van der Waals surface area contributed by atoms with Crippen LogP contribution in [0.25, 0.3) is 0 Å². The molecule has 1 aromatic carbocycles. The van der Waals surface area contributed by atoms with Gasteiger partial charge in [0.15, 0.2) is 11.7 Å². The highest BCUT2D eigenvalue weighted by atomic mass is 16.5. The number of carboxylic acids is 1. The summed E-state index contributed by atoms with van der Waals surface area (Å²) in [6.45, 7) is 2.24. The average molecular weight is 302 g/mol. The van der Waals surface area contributed by atoms with E-state index in [0.717, 1.165) is 17.7 Å². The standard InChI is InChI=1S/C15H14N2O5/c1-8-6-11(17-22-8)14(18)16-13(15(19)20)10-2-3-12-9(7-10)4-5-21-12/h2-3,6-7,13H,4-5H2,1H3,(H,16,18)(H,19,20). The van der Waals surface area contributed by atoms with Crippen LogP contribution in [0.5, 0.6) is 5.75 Å². The van der Waals surface area contributed by atoms with Gasteiger partial charge in [-0.25, -0.2) is 4.79 Å². The van der Waals surface area contributed by atoms with E-state index in [1.807, 2.05) is 0 Å². The van der Waals surface area contributed by atoms with E-state index in [1.165, 1.54) is 6.07 Å². The zero-order valence-electron chi connectivity index (χ0n) is 11.8. The van der Waals surface area contributed by atoms with Crippen molar-refractivity contribution >= 4 is 11.9 Å². The Morgan fingerprint density at radius 2 is 2.18 bits per heavy atom. The Morgan fingerprint density at radius 3 is 2.86 bits per heavy atom. The molecule has 2 N–H and O–H groups in total. The summed E-state index contributed by atoms with van der Waals surface area (Å²) < 4.78 is 10.2. The topological polar surface area (TPSA) is 102 Å². The van der Waals surface area contributed by atoms with Crippen molar-refractivity contribution in [1.29, 1.82) is 0 Å². The molecule has 0 bridgehead atoms. The van der Waals surface area contributed by atoms with Crippen molar-refractivity contribution in [3.63, 3.8) is 0 Å². The summed E-state index contributed by atoms with van der Waals surface area (Å²) in [4.78, 5) is 23.5. The highest BCUT2D eigenvalue weighted by Gasteiger charge is 2.25. The quantitative estimate of drug-likeness (QED) is 0.887. The maximum atomic E-state index is 12.1. The van der Waals surface area contributed by atoms with Gasteiger partial charge in [0.1, 0.15) is 11.5 Å². The first-order valence-corrected chi connectivity index (χ1v) is 6.77. The second-order valence-electron chi connectivity index (χ2n) is 5.03. The van der Waals surface area contributed by atoms with Gasteiger partial charge in [0.2, 0.25) is 0 Å². The number of carboxylic acid groups (broad SMARTS) is 1. The summed E-state index contributed by atoms with van der Waals surface area (Å²) in [6.07, 6.45) is 0.728. The highest BCUT2D eigenvalue weighted by molar-refractivity contribution is 5.95. The Bertz CT molecular complexity index is 737. The lowest BCUT2D eigenvalue weighted by Crippen LogP contribution is -2.34. The average Bonchev–Trinajstić information content (AvgIpc) is 3.11. The van der Waals surface area contributed by atoms with E-state index in [-0.39, 0.29) is 5.69 Å². The van der Waals surface area contributed by atoms with E-state index in [9.17, 15) is 14.7 Å². The van der Waals surface area contributed by atoms with Gasteiger partial charge < -0.3 is 19.7 Å². The Kier molecular flexibility index (Phi) is 3.54. The maximum absolute atomic E-state index is 12.1. The zero-order valence-corrected chi connectivity index (χ0v) is 11.8. The van der Waals surface area contributed by atoms with Crippen LogP contribution in [0.15, 0.2) is 28.8 Å². The molecule has 0 aliphatic carbocycles. The van der Waals surface area contributed by atoms with Crippen LogP contribution >= 0.6 is 0 Å². The van der Waals surface area contributed by atoms with Crippen LogP contribution in [0.2, 0.25) is 0 Å². The molecule has 0 saturated heterocycles. The second kappa shape index (κ2) is 5.51. The van der Waals surface area contributed by atoms with Gasteiger partial charge in [-0.2, -0.15) is 0 Å². The van der Waals surface area contributed by atoms with Gasteiger partial charge in [0, 0.05) is 12.5 Å². The molecule has 7 heteroatoms. The van der Waals surface area contributed by atoms with Crippen molar-refractivity contribution in [1.82, 2.24) is 10.5 Å². The number of hydrogen-bond acceptors (Lipinski definition) is 5. The smallest absolute Gasteiger partial charge is 0.330 e. The Morgan fingerprint density at radius 1 is 1.36 bits per heavy atom. The van der Waals surface area contributed by atoms with E-state index < -0.39 is 17.9 Å². The van der Waals surface area contributed by atoms with Gasteiger partial charge in [-0.3, -0.25) is 4.79 Å². The largest absolute Gasteiger partial charge is 0.493 e. The molecular formula is C15H14N2O5. The van der Waals surface area contributed by atoms with Crippen LogP contribution in [-0.4, -0.2) is 28.7 Å². The van der Waals surface area contributed by atoms with E-state index in [1.54, 1.807) is 25.1 Å². The number of hydrogen-bond donors (Lipinski definition) is 2. The number of benzene rings is 1. The number of nitrogens with one attached hydrogen (secondary N) is 1. The van der Waals surface area contributed by atoms with Gasteiger partial charge in [-0.15, -0.1) is 0 Å². The first kappa shape index (κ1) is 14.1. The van der Waals surface area contributed by atoms with E-state index in [0.29, 0.717) is 17.9 Å². The van der Waals surface area contributed by atoms with Gasteiger partial charge in [-0.1, -0.05) is 11.2 Å². The molecule has 114 valence electrons. The Balaban J connectivity index is 1.84. The van der Waals surface area contributed by atoms with Gasteiger partial charge in [-0.05, 0) is 30.2 Å². The molecule has 1 amide bonds. The number of aliphatic carboxylic acids is 1. The number of rotatable bonds is 4. The van der Waals surface area contributed by atoms with E-state index >= 15 is 0 Å². The fraction of sp³-hybridized carbons (Fsp3) is 0.267. The second-order valence-corrected chi connectivity index (χ2v) is 5.03. The molecule has 1 unspecified atom stereocenters. The molecule has 7 nitrogen and oxygen atoms in total. The number of nitrogens with zero attached hydrogens (tertiary/aromatic N) is 1. The number of aromatic nitrogens is 1. The minimum atomic E-state index is -1.16. The lowest BCUT2D eigenvalue weighted by molar-refractivity contribution is -0.139. The molecule has 22 heavy (non-hydrogen) atoms. The number of amides is 1. The monoisotopic (exact) mass is 302 g/mol. The maximum Gasteiger partial charge on any atom is 0.330 e. The number of carbonyl (C=O) groups excluding carboxylic acids is 1. The van der Waals surface area contributed by atoms with E-state index in [2.05, 4.69) is 10.5 Å². The van der Waals surface area contributed by atoms with Crippen LogP contribution < -0.4 is 10.1 Å². The molecule has 0 spiro atoms. The van der Waals surface area contributed by atoms with Crippen LogP contribution in [0.4, 0.5) is 0 Å². The summed E-state index contributed by atoms with van der Waals surface area (Å²) in [6, 6.07) is 5.40. The van der Waals surface area contributed by atoms with Crippen LogP contribution in [0, 0.1) is 6.92 Å². The number of carbonyl (C=O) groups is 2. The molecule has 1 aromatic heterocycles. The van der Waals surface area contributed by atoms with Gasteiger partial charge in [0.25, 0.3) is 5.91 Å². The molecule has 0 fully saturated rings. The summed E-state index contributed by atoms with van der Waals surface area (Å²) in [5.74, 6) is -0.508. The number of ether oxygens (including phenoxy) is 1. The summed E-state index contributed by atoms with van der Waals surface area (Å²) in [5.41, 5.74) is 1.48. The molecule has 0 radical (unpaired) electrons. The van der Waals surface area contributed by atoms with Crippen molar-refractivity contribution in [2.75, 3.05) is 6.61 Å². The van der Waals surface area contributed by atoms with Crippen molar-refractivity contribution in [3.8, 4) is 5.75 Å². The minimum Gasteiger partial charge on any atom is -0.493 e. The first-order chi connectivity index (χ1) is 10.5. The van der Waals surface area contributed by atoms with Crippen LogP contribution in [0.1, 0.15) is 33.4 Å². The Hall–Kier alpha value is -2.83. The molecule has 2 aromatic rings. The fourth-order valence-electron chi connectivity index (χ4n) is 2.35. The third-order valence-corrected chi connectivity index (χ3v) is 3.43. The number of fused-ring (bicyclic) bond motifs is 1. The van der Waals surface area contributed by atoms with Crippen LogP contribution in [-0.2, 0) is 11.2 Å². The number of aryl methyl sites for hydroxylation is 1. The van der Waals surface area contributed by atoms with Crippen molar-refractivity contribution in [2.24, 2.45) is 0 Å². The minimum absolute atomic E-state index is 0.0493. The summed E-state index contributed by atoms with van der Waals surface area (Å²) >= 11 is 0. The molecule has 3 rings (SSSR count). The Labute approximate surface area is 125 Å². The predicted molar refractivity (Wildman–Crippen MR) is 74.7 cm³/mol. The van der Waals surface area contributed by atoms with Crippen molar-refractivity contribution in [2.45, 2.75) is 19.4 Å². The summed E-state index contributed by atoms with van der Waals surface area (Å²) in [5, 5.41) is 15.4.